The zero-order valence-electron chi connectivity index (χ0n) is 16.4. The van der Waals surface area contributed by atoms with Crippen molar-refractivity contribution in [2.75, 3.05) is 7.11 Å². The van der Waals surface area contributed by atoms with Gasteiger partial charge in [0.05, 0.1) is 12.1 Å². The zero-order valence-corrected chi connectivity index (χ0v) is 18.0. The minimum Gasteiger partial charge on any atom is -0.497 e. The van der Waals surface area contributed by atoms with Gasteiger partial charge in [-0.25, -0.2) is 4.39 Å². The van der Waals surface area contributed by atoms with E-state index in [-0.39, 0.29) is 23.3 Å². The predicted molar refractivity (Wildman–Crippen MR) is 122 cm³/mol. The van der Waals surface area contributed by atoms with E-state index in [1.54, 1.807) is 25.3 Å². The molecule has 31 heavy (non-hydrogen) atoms. The van der Waals surface area contributed by atoms with Crippen LogP contribution in [-0.4, -0.2) is 23.2 Å². The fourth-order valence-corrected chi connectivity index (χ4v) is 3.89. The van der Waals surface area contributed by atoms with Gasteiger partial charge in [-0.3, -0.25) is 4.79 Å². The highest BCUT2D eigenvalue weighted by Crippen LogP contribution is 2.27. The maximum absolute atomic E-state index is 13.0. The Bertz CT molecular complexity index is 1270. The van der Waals surface area contributed by atoms with Gasteiger partial charge in [0.15, 0.2) is 5.01 Å². The Morgan fingerprint density at radius 2 is 1.77 bits per heavy atom. The summed E-state index contributed by atoms with van der Waals surface area (Å²) in [6, 6.07) is 17.7. The van der Waals surface area contributed by atoms with E-state index in [2.05, 4.69) is 15.5 Å². The molecular formula is C23H17ClFN3O2S. The fraction of sp³-hybridized carbons (Fsp3) is 0.0870. The van der Waals surface area contributed by atoms with Crippen molar-refractivity contribution in [3.63, 3.8) is 0 Å². The quantitative estimate of drug-likeness (QED) is 0.418. The second kappa shape index (κ2) is 9.24. The highest BCUT2D eigenvalue weighted by Gasteiger charge is 2.14. The molecule has 8 heteroatoms. The van der Waals surface area contributed by atoms with Gasteiger partial charge in [0.25, 0.3) is 5.91 Å². The minimum absolute atomic E-state index is 0.203. The number of rotatable bonds is 6. The number of hydrogen-bond donors (Lipinski definition) is 1. The van der Waals surface area contributed by atoms with E-state index in [1.807, 2.05) is 36.4 Å². The topological polar surface area (TPSA) is 64.1 Å². The van der Waals surface area contributed by atoms with Crippen LogP contribution < -0.4 is 10.1 Å². The first-order valence-electron chi connectivity index (χ1n) is 9.33. The summed E-state index contributed by atoms with van der Waals surface area (Å²) >= 11 is 7.53. The maximum Gasteiger partial charge on any atom is 0.282 e. The Hall–Kier alpha value is -3.29. The molecule has 0 bridgehead atoms. The first kappa shape index (κ1) is 21.0. The average molecular weight is 454 g/mol. The smallest absolute Gasteiger partial charge is 0.282 e. The van der Waals surface area contributed by atoms with E-state index in [0.717, 1.165) is 39.0 Å². The van der Waals surface area contributed by atoms with Gasteiger partial charge in [0.2, 0.25) is 5.01 Å². The summed E-state index contributed by atoms with van der Waals surface area (Å²) in [4.78, 5) is 12.3. The molecule has 0 unspecified atom stereocenters. The molecule has 5 nitrogen and oxygen atoms in total. The molecule has 1 heterocycles. The van der Waals surface area contributed by atoms with Gasteiger partial charge in [0.1, 0.15) is 11.6 Å². The molecule has 0 fully saturated rings. The van der Waals surface area contributed by atoms with Crippen molar-refractivity contribution in [1.82, 2.24) is 15.5 Å². The molecule has 1 amide bonds. The van der Waals surface area contributed by atoms with Crippen molar-refractivity contribution in [1.29, 1.82) is 0 Å². The lowest BCUT2D eigenvalue weighted by atomic mass is 10.1. The van der Waals surface area contributed by atoms with Crippen LogP contribution in [0.5, 0.6) is 5.75 Å². The largest absolute Gasteiger partial charge is 0.497 e. The molecule has 0 saturated carbocycles. The number of ether oxygens (including phenoxy) is 1. The number of nitrogens with one attached hydrogen (secondary N) is 1. The second-order valence-electron chi connectivity index (χ2n) is 6.69. The molecule has 1 aromatic heterocycles. The van der Waals surface area contributed by atoms with Gasteiger partial charge in [-0.05, 0) is 58.3 Å². The third-order valence-corrected chi connectivity index (χ3v) is 5.91. The first-order valence-corrected chi connectivity index (χ1v) is 10.5. The van der Waals surface area contributed by atoms with E-state index >= 15 is 0 Å². The Labute approximate surface area is 187 Å². The lowest BCUT2D eigenvalue weighted by Crippen LogP contribution is -2.22. The molecule has 3 aromatic carbocycles. The number of aromatic nitrogens is 2. The Morgan fingerprint density at radius 3 is 2.55 bits per heavy atom. The van der Waals surface area contributed by atoms with Crippen molar-refractivity contribution >= 4 is 50.7 Å². The van der Waals surface area contributed by atoms with Crippen LogP contribution in [0.3, 0.4) is 0 Å². The Kier molecular flexibility index (Phi) is 6.25. The summed E-state index contributed by atoms with van der Waals surface area (Å²) in [6.07, 6.45) is 1.78. The third kappa shape index (κ3) is 5.07. The van der Waals surface area contributed by atoms with E-state index in [0.29, 0.717) is 10.0 Å². The van der Waals surface area contributed by atoms with Crippen molar-refractivity contribution in [2.45, 2.75) is 6.54 Å². The predicted octanol–water partition coefficient (Wildman–Crippen LogP) is 5.51. The number of methoxy groups -OCH3 is 1. The van der Waals surface area contributed by atoms with Crippen molar-refractivity contribution in [2.24, 2.45) is 0 Å². The van der Waals surface area contributed by atoms with Gasteiger partial charge < -0.3 is 10.1 Å². The van der Waals surface area contributed by atoms with Gasteiger partial charge in [0, 0.05) is 6.54 Å². The van der Waals surface area contributed by atoms with Crippen LogP contribution in [-0.2, 0) is 6.54 Å². The highest BCUT2D eigenvalue weighted by molar-refractivity contribution is 7.15. The molecule has 0 saturated heterocycles. The van der Waals surface area contributed by atoms with E-state index < -0.39 is 0 Å². The summed E-state index contributed by atoms with van der Waals surface area (Å²) in [6.45, 7) is 0.263. The van der Waals surface area contributed by atoms with E-state index in [1.165, 1.54) is 12.1 Å². The second-order valence-corrected chi connectivity index (χ2v) is 8.07. The number of benzene rings is 3. The molecule has 0 spiro atoms. The molecule has 0 aliphatic rings. The lowest BCUT2D eigenvalue weighted by molar-refractivity contribution is 0.0950. The average Bonchev–Trinajstić information content (AvgIpc) is 3.29. The lowest BCUT2D eigenvalue weighted by Gasteiger charge is -2.04. The van der Waals surface area contributed by atoms with Gasteiger partial charge in [-0.2, -0.15) is 0 Å². The highest BCUT2D eigenvalue weighted by atomic mass is 35.5. The fourth-order valence-electron chi connectivity index (χ4n) is 2.94. The van der Waals surface area contributed by atoms with E-state index in [4.69, 9.17) is 16.3 Å². The molecular weight excluding hydrogens is 437 g/mol. The van der Waals surface area contributed by atoms with Crippen molar-refractivity contribution < 1.29 is 13.9 Å². The molecule has 4 rings (SSSR count). The number of fused-ring (bicyclic) bond motifs is 1. The van der Waals surface area contributed by atoms with Gasteiger partial charge in [-0.15, -0.1) is 10.2 Å². The zero-order chi connectivity index (χ0) is 21.8. The normalized spacial score (nSPS) is 11.5. The molecule has 0 aliphatic carbocycles. The number of carbonyl (C=O) groups excluding carboxylic acids is 1. The van der Waals surface area contributed by atoms with Crippen LogP contribution in [0.2, 0.25) is 0 Å². The minimum atomic E-state index is -0.364. The molecule has 0 radical (unpaired) electrons. The number of carbonyl (C=O) groups is 1. The number of amides is 1. The summed E-state index contributed by atoms with van der Waals surface area (Å²) < 4.78 is 18.2. The first-order chi connectivity index (χ1) is 15.0. The molecule has 1 N–H and O–H groups in total. The molecule has 0 atom stereocenters. The maximum atomic E-state index is 13.0. The van der Waals surface area contributed by atoms with Crippen LogP contribution in [0.25, 0.3) is 21.9 Å². The van der Waals surface area contributed by atoms with Crippen molar-refractivity contribution in [3.8, 4) is 5.75 Å². The van der Waals surface area contributed by atoms with E-state index in [9.17, 15) is 9.18 Å². The van der Waals surface area contributed by atoms with Crippen molar-refractivity contribution in [3.05, 3.63) is 87.6 Å². The monoisotopic (exact) mass is 453 g/mol. The number of nitrogens with zero attached hydrogens (tertiary/aromatic N) is 2. The van der Waals surface area contributed by atoms with Gasteiger partial charge in [-0.1, -0.05) is 53.3 Å². The SMILES string of the molecule is COc1ccc2cc(/C=C(\Cl)c3nnc(C(=O)NCc4ccc(F)cc4)s3)ccc2c1. The summed E-state index contributed by atoms with van der Waals surface area (Å²) in [5.41, 5.74) is 1.69. The van der Waals surface area contributed by atoms with Crippen LogP contribution >= 0.6 is 22.9 Å². The summed E-state index contributed by atoms with van der Waals surface area (Å²) in [5, 5.41) is 13.9. The Morgan fingerprint density at radius 1 is 1.06 bits per heavy atom. The Balaban J connectivity index is 1.46. The third-order valence-electron chi connectivity index (χ3n) is 4.55. The number of halogens is 2. The van der Waals surface area contributed by atoms with Crippen LogP contribution in [0, 0.1) is 5.82 Å². The standard InChI is InChI=1S/C23H17ClFN3O2S/c1-30-19-9-6-16-10-15(2-5-17(16)12-19)11-20(24)22-27-28-23(31-22)21(29)26-13-14-3-7-18(25)8-4-14/h2-12H,13H2,1H3,(H,26,29)/b20-11-. The molecule has 4 aromatic rings. The van der Waals surface area contributed by atoms with Gasteiger partial charge >= 0.3 is 0 Å². The summed E-state index contributed by atoms with van der Waals surface area (Å²) in [7, 11) is 1.64. The number of hydrogen-bond acceptors (Lipinski definition) is 5. The van der Waals surface area contributed by atoms with Crippen LogP contribution in [0.4, 0.5) is 4.39 Å². The summed E-state index contributed by atoms with van der Waals surface area (Å²) in [5.74, 6) is 0.113. The molecule has 0 aliphatic heterocycles. The van der Waals surface area contributed by atoms with Crippen LogP contribution in [0.1, 0.15) is 25.9 Å². The molecule has 156 valence electrons. The van der Waals surface area contributed by atoms with Crippen LogP contribution in [0.15, 0.2) is 60.7 Å².